The summed E-state index contributed by atoms with van der Waals surface area (Å²) in [5, 5.41) is 0.384. The number of nitrogens with two attached hydrogens (primary N) is 1. The maximum atomic E-state index is 11.6. The van der Waals surface area contributed by atoms with E-state index >= 15 is 0 Å². The molecule has 2 nitrogen and oxygen atoms in total. The van der Waals surface area contributed by atoms with Gasteiger partial charge in [0, 0.05) is 11.0 Å². The first-order chi connectivity index (χ1) is 6.45. The summed E-state index contributed by atoms with van der Waals surface area (Å²) >= 11 is 1.58. The van der Waals surface area contributed by atoms with Crippen LogP contribution in [0.3, 0.4) is 0 Å². The number of alkyl halides is 3. The second-order valence-corrected chi connectivity index (χ2v) is 4.47. The highest BCUT2D eigenvalue weighted by atomic mass is 32.2. The molecule has 0 bridgehead atoms. The third kappa shape index (κ3) is 10.1. The highest BCUT2D eigenvalue weighted by molar-refractivity contribution is 7.99. The molecule has 86 valence electrons. The van der Waals surface area contributed by atoms with E-state index in [-0.39, 0.29) is 6.61 Å². The summed E-state index contributed by atoms with van der Waals surface area (Å²) in [5.74, 6) is 0.581. The van der Waals surface area contributed by atoms with E-state index in [0.717, 1.165) is 6.42 Å². The van der Waals surface area contributed by atoms with Crippen LogP contribution in [0.15, 0.2) is 0 Å². The molecule has 1 atom stereocenters. The number of hydrogen-bond donors (Lipinski definition) is 1. The van der Waals surface area contributed by atoms with Crippen molar-refractivity contribution in [2.45, 2.75) is 24.8 Å². The lowest BCUT2D eigenvalue weighted by atomic mass is 10.3. The van der Waals surface area contributed by atoms with Crippen molar-refractivity contribution < 1.29 is 17.9 Å². The Morgan fingerprint density at radius 3 is 2.57 bits per heavy atom. The van der Waals surface area contributed by atoms with E-state index in [2.05, 4.69) is 4.74 Å². The van der Waals surface area contributed by atoms with Gasteiger partial charge in [0.2, 0.25) is 0 Å². The number of ether oxygens (including phenoxy) is 1. The van der Waals surface area contributed by atoms with Crippen LogP contribution in [-0.4, -0.2) is 36.9 Å². The standard InChI is InChI=1S/C8H16F3NOS/c1-7(2-3-12)14-5-4-13-6-8(9,10)11/h7H,2-6,12H2,1H3. The van der Waals surface area contributed by atoms with E-state index in [1.165, 1.54) is 0 Å². The summed E-state index contributed by atoms with van der Waals surface area (Å²) in [6, 6.07) is 0. The molecular weight excluding hydrogens is 215 g/mol. The Balaban J connectivity index is 3.21. The summed E-state index contributed by atoms with van der Waals surface area (Å²) < 4.78 is 39.3. The fourth-order valence-corrected chi connectivity index (χ4v) is 1.73. The van der Waals surface area contributed by atoms with Gasteiger partial charge in [-0.05, 0) is 13.0 Å². The van der Waals surface area contributed by atoms with Crippen molar-refractivity contribution in [3.8, 4) is 0 Å². The lowest BCUT2D eigenvalue weighted by Gasteiger charge is -2.10. The SMILES string of the molecule is CC(CCN)SCCOCC(F)(F)F. The van der Waals surface area contributed by atoms with Gasteiger partial charge in [-0.1, -0.05) is 6.92 Å². The molecule has 2 N–H and O–H groups in total. The molecule has 0 saturated heterocycles. The summed E-state index contributed by atoms with van der Waals surface area (Å²) in [5.41, 5.74) is 5.32. The lowest BCUT2D eigenvalue weighted by molar-refractivity contribution is -0.172. The van der Waals surface area contributed by atoms with Crippen LogP contribution in [0.5, 0.6) is 0 Å². The van der Waals surface area contributed by atoms with Crippen LogP contribution < -0.4 is 5.73 Å². The highest BCUT2D eigenvalue weighted by Crippen LogP contribution is 2.16. The molecule has 0 rings (SSSR count). The Morgan fingerprint density at radius 1 is 1.43 bits per heavy atom. The van der Waals surface area contributed by atoms with Crippen molar-refractivity contribution in [1.82, 2.24) is 0 Å². The van der Waals surface area contributed by atoms with Crippen molar-refractivity contribution in [2.75, 3.05) is 25.5 Å². The van der Waals surface area contributed by atoms with Gasteiger partial charge < -0.3 is 10.5 Å². The van der Waals surface area contributed by atoms with E-state index < -0.39 is 12.8 Å². The predicted octanol–water partition coefficient (Wildman–Crippen LogP) is 2.04. The number of halogens is 3. The fourth-order valence-electron chi connectivity index (χ4n) is 0.814. The molecule has 0 heterocycles. The van der Waals surface area contributed by atoms with Crippen LogP contribution in [0.4, 0.5) is 13.2 Å². The molecule has 0 aliphatic heterocycles. The Kier molecular flexibility index (Phi) is 7.40. The molecule has 0 radical (unpaired) electrons. The predicted molar refractivity (Wildman–Crippen MR) is 52.5 cm³/mol. The van der Waals surface area contributed by atoms with Crippen molar-refractivity contribution in [1.29, 1.82) is 0 Å². The molecule has 14 heavy (non-hydrogen) atoms. The van der Waals surface area contributed by atoms with E-state index in [4.69, 9.17) is 5.73 Å². The van der Waals surface area contributed by atoms with Crippen LogP contribution >= 0.6 is 11.8 Å². The Hall–Kier alpha value is 0.0600. The van der Waals surface area contributed by atoms with Gasteiger partial charge in [-0.25, -0.2) is 0 Å². The summed E-state index contributed by atoms with van der Waals surface area (Å²) in [7, 11) is 0. The van der Waals surface area contributed by atoms with Gasteiger partial charge in [-0.2, -0.15) is 24.9 Å². The Labute approximate surface area is 86.4 Å². The minimum atomic E-state index is -4.21. The first-order valence-corrected chi connectivity index (χ1v) is 5.46. The first kappa shape index (κ1) is 14.1. The van der Waals surface area contributed by atoms with Gasteiger partial charge in [0.25, 0.3) is 0 Å². The highest BCUT2D eigenvalue weighted by Gasteiger charge is 2.27. The zero-order valence-electron chi connectivity index (χ0n) is 8.14. The largest absolute Gasteiger partial charge is 0.411 e. The molecule has 0 saturated carbocycles. The molecule has 0 fully saturated rings. The molecule has 1 unspecified atom stereocenters. The van der Waals surface area contributed by atoms with Crippen LogP contribution in [0.25, 0.3) is 0 Å². The van der Waals surface area contributed by atoms with Crippen molar-refractivity contribution in [3.63, 3.8) is 0 Å². The number of hydrogen-bond acceptors (Lipinski definition) is 3. The van der Waals surface area contributed by atoms with E-state index in [0.29, 0.717) is 17.5 Å². The zero-order chi connectivity index (χ0) is 11.0. The molecule has 0 spiro atoms. The third-order valence-electron chi connectivity index (χ3n) is 1.47. The van der Waals surface area contributed by atoms with Gasteiger partial charge in [0.15, 0.2) is 0 Å². The molecule has 0 aromatic carbocycles. The van der Waals surface area contributed by atoms with Crippen molar-refractivity contribution in [2.24, 2.45) is 5.73 Å². The molecule has 0 amide bonds. The van der Waals surface area contributed by atoms with Crippen LogP contribution in [0, 0.1) is 0 Å². The summed E-state index contributed by atoms with van der Waals surface area (Å²) in [4.78, 5) is 0. The minimum absolute atomic E-state index is 0.138. The molecule has 0 aromatic rings. The quantitative estimate of drug-likeness (QED) is 0.681. The van der Waals surface area contributed by atoms with Crippen LogP contribution in [-0.2, 0) is 4.74 Å². The van der Waals surface area contributed by atoms with Gasteiger partial charge in [0.05, 0.1) is 6.61 Å². The van der Waals surface area contributed by atoms with Gasteiger partial charge >= 0.3 is 6.18 Å². The minimum Gasteiger partial charge on any atom is -0.371 e. The molecule has 6 heteroatoms. The van der Waals surface area contributed by atoms with Crippen LogP contribution in [0.2, 0.25) is 0 Å². The second kappa shape index (κ2) is 7.36. The number of rotatable bonds is 7. The average Bonchev–Trinajstić information content (AvgIpc) is 2.02. The first-order valence-electron chi connectivity index (χ1n) is 4.42. The van der Waals surface area contributed by atoms with Crippen LogP contribution in [0.1, 0.15) is 13.3 Å². The zero-order valence-corrected chi connectivity index (χ0v) is 8.96. The van der Waals surface area contributed by atoms with Gasteiger partial charge in [-0.3, -0.25) is 0 Å². The van der Waals surface area contributed by atoms with Crippen molar-refractivity contribution in [3.05, 3.63) is 0 Å². The summed E-state index contributed by atoms with van der Waals surface area (Å²) in [6.07, 6.45) is -3.34. The molecule has 0 aliphatic rings. The monoisotopic (exact) mass is 231 g/mol. The van der Waals surface area contributed by atoms with E-state index in [1.54, 1.807) is 11.8 Å². The number of thioether (sulfide) groups is 1. The van der Waals surface area contributed by atoms with Gasteiger partial charge in [0.1, 0.15) is 6.61 Å². The van der Waals surface area contributed by atoms with Crippen molar-refractivity contribution >= 4 is 11.8 Å². The molecule has 0 aromatic heterocycles. The topological polar surface area (TPSA) is 35.2 Å². The lowest BCUT2D eigenvalue weighted by Crippen LogP contribution is -2.18. The average molecular weight is 231 g/mol. The third-order valence-corrected chi connectivity index (χ3v) is 2.68. The maximum absolute atomic E-state index is 11.6. The smallest absolute Gasteiger partial charge is 0.371 e. The molecular formula is C8H16F3NOS. The Morgan fingerprint density at radius 2 is 2.07 bits per heavy atom. The van der Waals surface area contributed by atoms with Gasteiger partial charge in [-0.15, -0.1) is 0 Å². The van der Waals surface area contributed by atoms with E-state index in [1.807, 2.05) is 6.92 Å². The maximum Gasteiger partial charge on any atom is 0.411 e. The Bertz CT molecular complexity index is 143. The van der Waals surface area contributed by atoms with E-state index in [9.17, 15) is 13.2 Å². The summed E-state index contributed by atoms with van der Waals surface area (Å²) in [6.45, 7) is 1.59. The molecule has 0 aliphatic carbocycles. The second-order valence-electron chi connectivity index (χ2n) is 2.93. The fraction of sp³-hybridized carbons (Fsp3) is 1.00. The normalized spacial score (nSPS) is 14.4.